The number of rotatable bonds is 4. The van der Waals surface area contributed by atoms with Crippen molar-refractivity contribution in [2.24, 2.45) is 0 Å². The van der Waals surface area contributed by atoms with Crippen LogP contribution in [0, 0.1) is 0 Å². The zero-order valence-electron chi connectivity index (χ0n) is 13.4. The first-order valence-corrected chi connectivity index (χ1v) is 7.79. The van der Waals surface area contributed by atoms with E-state index in [0.29, 0.717) is 12.0 Å². The van der Waals surface area contributed by atoms with Gasteiger partial charge in [-0.1, -0.05) is 0 Å². The van der Waals surface area contributed by atoms with E-state index in [0.717, 1.165) is 24.4 Å². The highest BCUT2D eigenvalue weighted by Gasteiger charge is 2.23. The predicted molar refractivity (Wildman–Crippen MR) is 87.2 cm³/mol. The molecule has 1 unspecified atom stereocenters. The molecule has 0 bridgehead atoms. The van der Waals surface area contributed by atoms with Crippen LogP contribution < -0.4 is 4.90 Å². The minimum absolute atomic E-state index is 0.0757. The predicted octanol–water partition coefficient (Wildman–Crippen LogP) is 3.24. The number of benzene rings is 1. The van der Waals surface area contributed by atoms with Crippen LogP contribution in [0.15, 0.2) is 47.1 Å². The first kappa shape index (κ1) is 15.3. The highest BCUT2D eigenvalue weighted by Crippen LogP contribution is 2.24. The quantitative estimate of drug-likeness (QED) is 0.871. The molecule has 0 saturated carbocycles. The number of anilines is 1. The SMILES string of the molecule is CC(c1ccco1)N(C)C(=O)c1ccc(N2CCCC2=O)cc1. The van der Waals surface area contributed by atoms with Gasteiger partial charge in [0.25, 0.3) is 5.91 Å². The van der Waals surface area contributed by atoms with Gasteiger partial charge in [0.1, 0.15) is 5.76 Å². The number of amides is 2. The molecule has 120 valence electrons. The lowest BCUT2D eigenvalue weighted by atomic mass is 10.1. The minimum atomic E-state index is -0.141. The average molecular weight is 312 g/mol. The summed E-state index contributed by atoms with van der Waals surface area (Å²) in [4.78, 5) is 27.8. The number of furan rings is 1. The van der Waals surface area contributed by atoms with Gasteiger partial charge in [-0.05, 0) is 49.7 Å². The number of hydrogen-bond donors (Lipinski definition) is 0. The molecule has 23 heavy (non-hydrogen) atoms. The summed E-state index contributed by atoms with van der Waals surface area (Å²) >= 11 is 0. The van der Waals surface area contributed by atoms with E-state index >= 15 is 0 Å². The highest BCUT2D eigenvalue weighted by atomic mass is 16.3. The van der Waals surface area contributed by atoms with Crippen LogP contribution in [0.1, 0.15) is 41.9 Å². The van der Waals surface area contributed by atoms with Crippen LogP contribution in [0.5, 0.6) is 0 Å². The minimum Gasteiger partial charge on any atom is -0.467 e. The summed E-state index contributed by atoms with van der Waals surface area (Å²) in [6, 6.07) is 10.7. The van der Waals surface area contributed by atoms with Crippen molar-refractivity contribution in [3.05, 3.63) is 54.0 Å². The second kappa shape index (κ2) is 6.28. The Morgan fingerprint density at radius 2 is 2.00 bits per heavy atom. The van der Waals surface area contributed by atoms with Gasteiger partial charge in [0, 0.05) is 31.3 Å². The summed E-state index contributed by atoms with van der Waals surface area (Å²) < 4.78 is 5.36. The molecule has 2 amide bonds. The molecule has 5 heteroatoms. The molecule has 1 fully saturated rings. The Labute approximate surface area is 135 Å². The van der Waals surface area contributed by atoms with Crippen molar-refractivity contribution in [1.82, 2.24) is 4.90 Å². The van der Waals surface area contributed by atoms with Crippen LogP contribution in [0.2, 0.25) is 0 Å². The molecule has 0 aliphatic carbocycles. The molecule has 2 heterocycles. The molecule has 0 radical (unpaired) electrons. The van der Waals surface area contributed by atoms with Crippen LogP contribution in [0.25, 0.3) is 0 Å². The van der Waals surface area contributed by atoms with Gasteiger partial charge in [0.05, 0.1) is 12.3 Å². The van der Waals surface area contributed by atoms with E-state index < -0.39 is 0 Å². The zero-order valence-corrected chi connectivity index (χ0v) is 13.4. The molecule has 1 saturated heterocycles. The van der Waals surface area contributed by atoms with Crippen molar-refractivity contribution in [3.8, 4) is 0 Å². The molecule has 1 aliphatic heterocycles. The summed E-state index contributed by atoms with van der Waals surface area (Å²) in [5.41, 5.74) is 1.45. The van der Waals surface area contributed by atoms with Crippen LogP contribution >= 0.6 is 0 Å². The van der Waals surface area contributed by atoms with Crippen molar-refractivity contribution < 1.29 is 14.0 Å². The molecule has 0 N–H and O–H groups in total. The van der Waals surface area contributed by atoms with Gasteiger partial charge in [-0.2, -0.15) is 0 Å². The van der Waals surface area contributed by atoms with E-state index in [1.807, 2.05) is 31.2 Å². The Hall–Kier alpha value is -2.56. The van der Waals surface area contributed by atoms with Gasteiger partial charge in [0.15, 0.2) is 0 Å². The largest absolute Gasteiger partial charge is 0.467 e. The van der Waals surface area contributed by atoms with E-state index in [9.17, 15) is 9.59 Å². The number of carbonyl (C=O) groups is 2. The van der Waals surface area contributed by atoms with Crippen LogP contribution in [-0.2, 0) is 4.79 Å². The third-order valence-corrected chi connectivity index (χ3v) is 4.36. The standard InChI is InChI=1S/C18H20N2O3/c1-13(16-5-4-12-23-16)19(2)18(22)14-7-9-15(10-8-14)20-11-3-6-17(20)21/h4-5,7-10,12-13H,3,6,11H2,1-2H3. The molecule has 5 nitrogen and oxygen atoms in total. The van der Waals surface area contributed by atoms with Crippen molar-refractivity contribution in [2.45, 2.75) is 25.8 Å². The van der Waals surface area contributed by atoms with Crippen molar-refractivity contribution >= 4 is 17.5 Å². The average Bonchev–Trinajstić information content (AvgIpc) is 3.24. The van der Waals surface area contributed by atoms with Crippen molar-refractivity contribution in [1.29, 1.82) is 0 Å². The summed E-state index contributed by atoms with van der Waals surface area (Å²) in [6.45, 7) is 2.68. The van der Waals surface area contributed by atoms with Gasteiger partial charge < -0.3 is 14.2 Å². The second-order valence-corrected chi connectivity index (χ2v) is 5.80. The molecule has 3 rings (SSSR count). The van der Waals surface area contributed by atoms with Crippen molar-refractivity contribution in [3.63, 3.8) is 0 Å². The maximum atomic E-state index is 12.6. The Bertz CT molecular complexity index is 692. The third-order valence-electron chi connectivity index (χ3n) is 4.36. The smallest absolute Gasteiger partial charge is 0.254 e. The molecular formula is C18H20N2O3. The van der Waals surface area contributed by atoms with Crippen molar-refractivity contribution in [2.75, 3.05) is 18.5 Å². The van der Waals surface area contributed by atoms with E-state index in [1.165, 1.54) is 0 Å². The Kier molecular flexibility index (Phi) is 4.19. The lowest BCUT2D eigenvalue weighted by molar-refractivity contribution is -0.117. The first-order valence-electron chi connectivity index (χ1n) is 7.79. The fourth-order valence-electron chi connectivity index (χ4n) is 2.80. The van der Waals surface area contributed by atoms with Gasteiger partial charge in [-0.25, -0.2) is 0 Å². The fraction of sp³-hybridized carbons (Fsp3) is 0.333. The van der Waals surface area contributed by atoms with Gasteiger partial charge in [0.2, 0.25) is 5.91 Å². The van der Waals surface area contributed by atoms with E-state index in [2.05, 4.69) is 0 Å². The Morgan fingerprint density at radius 1 is 1.26 bits per heavy atom. The van der Waals surface area contributed by atoms with Crippen LogP contribution in [0.3, 0.4) is 0 Å². The van der Waals surface area contributed by atoms with Gasteiger partial charge >= 0.3 is 0 Å². The van der Waals surface area contributed by atoms with Crippen LogP contribution in [0.4, 0.5) is 5.69 Å². The molecule has 0 spiro atoms. The maximum Gasteiger partial charge on any atom is 0.254 e. The molecule has 1 atom stereocenters. The van der Waals surface area contributed by atoms with E-state index in [4.69, 9.17) is 4.42 Å². The molecular weight excluding hydrogens is 292 g/mol. The summed E-state index contributed by atoms with van der Waals surface area (Å²) in [5.74, 6) is 0.820. The Balaban J connectivity index is 1.73. The summed E-state index contributed by atoms with van der Waals surface area (Å²) in [6.07, 6.45) is 3.10. The van der Waals surface area contributed by atoms with Gasteiger partial charge in [-0.15, -0.1) is 0 Å². The topological polar surface area (TPSA) is 53.8 Å². The first-order chi connectivity index (χ1) is 11.1. The number of nitrogens with zero attached hydrogens (tertiary/aromatic N) is 2. The summed E-state index contributed by atoms with van der Waals surface area (Å²) in [7, 11) is 1.76. The normalized spacial score (nSPS) is 15.7. The molecule has 1 aliphatic rings. The Morgan fingerprint density at radius 3 is 2.57 bits per heavy atom. The molecule has 1 aromatic carbocycles. The highest BCUT2D eigenvalue weighted by molar-refractivity contribution is 5.97. The lowest BCUT2D eigenvalue weighted by Gasteiger charge is -2.23. The van der Waals surface area contributed by atoms with Gasteiger partial charge in [-0.3, -0.25) is 9.59 Å². The maximum absolute atomic E-state index is 12.6. The molecule has 2 aromatic rings. The second-order valence-electron chi connectivity index (χ2n) is 5.80. The van der Waals surface area contributed by atoms with Crippen LogP contribution in [-0.4, -0.2) is 30.3 Å². The lowest BCUT2D eigenvalue weighted by Crippen LogP contribution is -2.29. The van der Waals surface area contributed by atoms with E-state index in [-0.39, 0.29) is 17.9 Å². The third kappa shape index (κ3) is 2.99. The number of hydrogen-bond acceptors (Lipinski definition) is 3. The molecule has 1 aromatic heterocycles. The monoisotopic (exact) mass is 312 g/mol. The number of carbonyl (C=O) groups excluding carboxylic acids is 2. The fourth-order valence-corrected chi connectivity index (χ4v) is 2.80. The zero-order chi connectivity index (χ0) is 16.4. The summed E-state index contributed by atoms with van der Waals surface area (Å²) in [5, 5.41) is 0. The van der Waals surface area contributed by atoms with E-state index in [1.54, 1.807) is 35.2 Å².